The van der Waals surface area contributed by atoms with E-state index in [9.17, 15) is 28.8 Å². The van der Waals surface area contributed by atoms with E-state index in [1.165, 1.54) is 12.2 Å². The minimum atomic E-state index is -0.341. The number of hydrogen-bond acceptors (Lipinski definition) is 11. The lowest BCUT2D eigenvalue weighted by Gasteiger charge is -2.16. The van der Waals surface area contributed by atoms with Gasteiger partial charge in [0, 0.05) is 80.2 Å². The van der Waals surface area contributed by atoms with Crippen LogP contribution in [0.5, 0.6) is 0 Å². The first-order chi connectivity index (χ1) is 27.2. The SMILES string of the molecule is O=C(CCCN1C(=O)C=CC1=O)NCCCOCCOCCOCCCNC(=O)CNC(=S)Nc1ccc(NC(=O)CCCC[C@@H]2SC[C@@H]3NC(=O)N[C@@H]32)cc1. The molecule has 3 heterocycles. The molecule has 1 aromatic rings. The minimum absolute atomic E-state index is 0.0168. The van der Waals surface area contributed by atoms with Gasteiger partial charge < -0.3 is 51.4 Å². The summed E-state index contributed by atoms with van der Waals surface area (Å²) < 4.78 is 16.5. The number of thiocarbonyl (C=S) groups is 1. The number of imide groups is 1. The summed E-state index contributed by atoms with van der Waals surface area (Å²) in [4.78, 5) is 72.1. The predicted octanol–water partition coefficient (Wildman–Crippen LogP) is 1.40. The summed E-state index contributed by atoms with van der Waals surface area (Å²) in [7, 11) is 0. The summed E-state index contributed by atoms with van der Waals surface area (Å²) in [6.07, 6.45) is 7.52. The summed E-state index contributed by atoms with van der Waals surface area (Å²) in [6, 6.07) is 7.48. The molecule has 3 aliphatic heterocycles. The molecule has 0 unspecified atom stereocenters. The number of thioether (sulfide) groups is 1. The van der Waals surface area contributed by atoms with Crippen LogP contribution in [-0.2, 0) is 38.2 Å². The second-order valence-corrected chi connectivity index (χ2v) is 15.0. The highest BCUT2D eigenvalue weighted by atomic mass is 32.2. The first-order valence-corrected chi connectivity index (χ1v) is 20.6. The number of anilines is 2. The van der Waals surface area contributed by atoms with E-state index in [1.54, 1.807) is 24.3 Å². The number of carbonyl (C=O) groups excluding carboxylic acids is 6. The lowest BCUT2D eigenvalue weighted by atomic mass is 10.0. The van der Waals surface area contributed by atoms with Crippen LogP contribution in [0.25, 0.3) is 0 Å². The van der Waals surface area contributed by atoms with E-state index in [-0.39, 0.29) is 67.2 Å². The molecule has 0 radical (unpaired) electrons. The predicted molar refractivity (Wildman–Crippen MR) is 216 cm³/mol. The monoisotopic (exact) mass is 818 g/mol. The highest BCUT2D eigenvalue weighted by Gasteiger charge is 2.42. The normalized spacial score (nSPS) is 18.3. The Morgan fingerprint density at radius 1 is 0.714 bits per heavy atom. The lowest BCUT2D eigenvalue weighted by Crippen LogP contribution is -2.39. The number of hydrogen-bond donors (Lipinski definition) is 7. The minimum Gasteiger partial charge on any atom is -0.379 e. The molecule has 2 fully saturated rings. The molecule has 0 spiro atoms. The number of urea groups is 1. The third-order valence-corrected chi connectivity index (χ3v) is 10.7. The summed E-state index contributed by atoms with van der Waals surface area (Å²) in [5, 5.41) is 21.1. The topological polar surface area (TPSA) is 218 Å². The maximum Gasteiger partial charge on any atom is 0.315 e. The van der Waals surface area contributed by atoms with Crippen molar-refractivity contribution < 1.29 is 43.0 Å². The van der Waals surface area contributed by atoms with Crippen LogP contribution >= 0.6 is 24.0 Å². The van der Waals surface area contributed by atoms with Crippen LogP contribution in [0.2, 0.25) is 0 Å². The van der Waals surface area contributed by atoms with Crippen molar-refractivity contribution in [3.05, 3.63) is 36.4 Å². The second-order valence-electron chi connectivity index (χ2n) is 13.3. The first kappa shape index (κ1) is 44.4. The number of benzene rings is 1. The zero-order valence-electron chi connectivity index (χ0n) is 31.6. The van der Waals surface area contributed by atoms with E-state index in [4.69, 9.17) is 26.4 Å². The van der Waals surface area contributed by atoms with Crippen LogP contribution in [0.1, 0.15) is 51.4 Å². The van der Waals surface area contributed by atoms with E-state index in [1.807, 2.05) is 11.8 Å². The molecule has 0 aromatic heterocycles. The Balaban J connectivity index is 0.878. The molecule has 19 heteroatoms. The van der Waals surface area contributed by atoms with Gasteiger partial charge in [-0.25, -0.2) is 4.79 Å². The van der Waals surface area contributed by atoms with Crippen molar-refractivity contribution in [2.75, 3.05) is 82.2 Å². The van der Waals surface area contributed by atoms with Gasteiger partial charge >= 0.3 is 6.03 Å². The largest absolute Gasteiger partial charge is 0.379 e. The van der Waals surface area contributed by atoms with Gasteiger partial charge in [-0.3, -0.25) is 28.9 Å². The molecule has 3 atom stereocenters. The standard InChI is InChI=1S/C37H54N8O9S2/c46-30(8-3-17-45-33(49)13-14-34(45)50)38-15-4-18-52-20-22-54-23-21-53-19-5-16-39-32(48)24-40-37(55)42-27-11-9-26(10-12-27)41-31(47)7-2-1-6-29-35-28(25-56-29)43-36(51)44-35/h9-14,28-29,35H,1-8,15-25H2,(H,38,46)(H,39,48)(H,41,47)(H2,40,42,55)(H2,43,44,51)/t28-,29-,35-/m0/s1. The summed E-state index contributed by atoms with van der Waals surface area (Å²) in [5.41, 5.74) is 1.40. The van der Waals surface area contributed by atoms with Crippen molar-refractivity contribution in [1.29, 1.82) is 0 Å². The molecule has 56 heavy (non-hydrogen) atoms. The van der Waals surface area contributed by atoms with Crippen LogP contribution in [0.4, 0.5) is 16.2 Å². The first-order valence-electron chi connectivity index (χ1n) is 19.1. The van der Waals surface area contributed by atoms with Gasteiger partial charge in [-0.05, 0) is 68.6 Å². The van der Waals surface area contributed by atoms with E-state index in [2.05, 4.69) is 37.2 Å². The summed E-state index contributed by atoms with van der Waals surface area (Å²) >= 11 is 7.18. The second kappa shape index (κ2) is 25.1. The van der Waals surface area contributed by atoms with E-state index >= 15 is 0 Å². The molecule has 0 bridgehead atoms. The van der Waals surface area contributed by atoms with Crippen molar-refractivity contribution in [3.8, 4) is 0 Å². The van der Waals surface area contributed by atoms with Crippen LogP contribution in [-0.4, -0.2) is 134 Å². The van der Waals surface area contributed by atoms with Gasteiger partial charge in [-0.2, -0.15) is 11.8 Å². The van der Waals surface area contributed by atoms with Crippen molar-refractivity contribution in [2.45, 2.75) is 68.7 Å². The van der Waals surface area contributed by atoms with Gasteiger partial charge in [-0.15, -0.1) is 0 Å². The van der Waals surface area contributed by atoms with Gasteiger partial charge in [0.2, 0.25) is 17.7 Å². The average molecular weight is 819 g/mol. The number of rotatable bonds is 27. The zero-order chi connectivity index (χ0) is 40.0. The van der Waals surface area contributed by atoms with Crippen molar-refractivity contribution in [1.82, 2.24) is 31.5 Å². The number of nitrogens with one attached hydrogen (secondary N) is 7. The average Bonchev–Trinajstić information content (AvgIpc) is 3.84. The Morgan fingerprint density at radius 2 is 1.30 bits per heavy atom. The quantitative estimate of drug-likeness (QED) is 0.0290. The molecule has 7 amide bonds. The number of nitrogens with zero attached hydrogens (tertiary/aromatic N) is 1. The molecular formula is C37H54N8O9S2. The zero-order valence-corrected chi connectivity index (χ0v) is 33.2. The Bertz CT molecular complexity index is 1500. The van der Waals surface area contributed by atoms with Gasteiger partial charge in [0.1, 0.15) is 0 Å². The van der Waals surface area contributed by atoms with Crippen LogP contribution in [0, 0.1) is 0 Å². The van der Waals surface area contributed by atoms with Gasteiger partial charge in [0.25, 0.3) is 11.8 Å². The Labute approximate surface area is 336 Å². The molecule has 3 aliphatic rings. The van der Waals surface area contributed by atoms with E-state index in [0.29, 0.717) is 94.5 Å². The Morgan fingerprint density at radius 3 is 1.96 bits per heavy atom. The Hall–Kier alpha value is -4.30. The summed E-state index contributed by atoms with van der Waals surface area (Å²) in [6.45, 7) is 3.83. The van der Waals surface area contributed by atoms with E-state index < -0.39 is 0 Å². The van der Waals surface area contributed by atoms with Gasteiger partial charge in [0.05, 0.1) is 45.1 Å². The fraction of sp³-hybridized carbons (Fsp3) is 0.595. The maximum atomic E-state index is 12.4. The highest BCUT2D eigenvalue weighted by molar-refractivity contribution is 8.00. The fourth-order valence-electron chi connectivity index (χ4n) is 6.02. The molecule has 308 valence electrons. The molecule has 0 aliphatic carbocycles. The number of ether oxygens (including phenoxy) is 3. The number of fused-ring (bicyclic) bond motifs is 1. The molecule has 0 saturated carbocycles. The smallest absolute Gasteiger partial charge is 0.315 e. The summed E-state index contributed by atoms with van der Waals surface area (Å²) in [5.74, 6) is -0.125. The molecule has 2 saturated heterocycles. The van der Waals surface area contributed by atoms with Crippen LogP contribution < -0.4 is 37.2 Å². The molecular weight excluding hydrogens is 765 g/mol. The molecule has 1 aromatic carbocycles. The lowest BCUT2D eigenvalue weighted by molar-refractivity contribution is -0.137. The molecule has 7 N–H and O–H groups in total. The third-order valence-electron chi connectivity index (χ3n) is 8.92. The van der Waals surface area contributed by atoms with Gasteiger partial charge in [0.15, 0.2) is 5.11 Å². The van der Waals surface area contributed by atoms with Crippen molar-refractivity contribution in [3.63, 3.8) is 0 Å². The number of amides is 7. The van der Waals surface area contributed by atoms with Gasteiger partial charge in [-0.1, -0.05) is 6.42 Å². The third kappa shape index (κ3) is 16.8. The Kier molecular flexibility index (Phi) is 19.9. The number of unbranched alkanes of at least 4 members (excludes halogenated alkanes) is 1. The fourth-order valence-corrected chi connectivity index (χ4v) is 7.75. The van der Waals surface area contributed by atoms with Crippen LogP contribution in [0.3, 0.4) is 0 Å². The highest BCUT2D eigenvalue weighted by Crippen LogP contribution is 2.33. The van der Waals surface area contributed by atoms with Crippen molar-refractivity contribution >= 4 is 76.0 Å². The van der Waals surface area contributed by atoms with Crippen LogP contribution in [0.15, 0.2) is 36.4 Å². The van der Waals surface area contributed by atoms with E-state index in [0.717, 1.165) is 35.6 Å². The molecule has 4 rings (SSSR count). The molecule has 17 nitrogen and oxygen atoms in total. The van der Waals surface area contributed by atoms with Crippen molar-refractivity contribution in [2.24, 2.45) is 0 Å². The number of carbonyl (C=O) groups is 6. The maximum absolute atomic E-state index is 12.4.